The molecular weight excluding hydrogens is 387 g/mol. The summed E-state index contributed by atoms with van der Waals surface area (Å²) in [5, 5.41) is 15.5. The summed E-state index contributed by atoms with van der Waals surface area (Å²) < 4.78 is 21.1. The molecule has 4 rings (SSSR count). The zero-order valence-electron chi connectivity index (χ0n) is 16.4. The van der Waals surface area contributed by atoms with Crippen LogP contribution in [0.3, 0.4) is 0 Å². The van der Waals surface area contributed by atoms with Crippen LogP contribution in [-0.4, -0.2) is 30.2 Å². The summed E-state index contributed by atoms with van der Waals surface area (Å²) in [6, 6.07) is 7.35. The summed E-state index contributed by atoms with van der Waals surface area (Å²) in [5.74, 6) is 0.242. The molecule has 1 aliphatic rings. The van der Waals surface area contributed by atoms with Gasteiger partial charge in [0.25, 0.3) is 0 Å². The van der Waals surface area contributed by atoms with Gasteiger partial charge in [-0.15, -0.1) is 0 Å². The van der Waals surface area contributed by atoms with Gasteiger partial charge in [-0.3, -0.25) is 4.79 Å². The molecule has 0 saturated heterocycles. The van der Waals surface area contributed by atoms with Crippen LogP contribution in [0.25, 0.3) is 10.9 Å². The molecule has 30 heavy (non-hydrogen) atoms. The molecule has 9 heteroatoms. The minimum atomic E-state index is -0.932. The van der Waals surface area contributed by atoms with E-state index < -0.39 is 16.8 Å². The largest absolute Gasteiger partial charge is 0.492 e. The highest BCUT2D eigenvalue weighted by molar-refractivity contribution is 5.95. The first kappa shape index (κ1) is 19.7. The molecule has 1 fully saturated rings. The Balaban J connectivity index is 1.75. The summed E-state index contributed by atoms with van der Waals surface area (Å²) >= 11 is 0. The van der Waals surface area contributed by atoms with Crippen molar-refractivity contribution in [1.29, 1.82) is 5.26 Å². The van der Waals surface area contributed by atoms with Crippen molar-refractivity contribution in [3.05, 3.63) is 57.8 Å². The number of ether oxygens (including phenoxy) is 1. The van der Waals surface area contributed by atoms with Crippen LogP contribution in [0.4, 0.5) is 15.9 Å². The van der Waals surface area contributed by atoms with Crippen LogP contribution < -0.4 is 26.5 Å². The lowest BCUT2D eigenvalue weighted by Gasteiger charge is -2.21. The molecule has 5 N–H and O–H groups in total. The van der Waals surface area contributed by atoms with Crippen molar-refractivity contribution in [1.82, 2.24) is 9.97 Å². The van der Waals surface area contributed by atoms with Gasteiger partial charge in [-0.1, -0.05) is 6.07 Å². The number of nitriles is 1. The van der Waals surface area contributed by atoms with E-state index in [4.69, 9.17) is 10.5 Å². The van der Waals surface area contributed by atoms with E-state index in [1.54, 1.807) is 6.20 Å². The molecule has 0 atom stereocenters. The maximum atomic E-state index is 15.7. The Bertz CT molecular complexity index is 1200. The third kappa shape index (κ3) is 3.31. The van der Waals surface area contributed by atoms with E-state index in [9.17, 15) is 10.1 Å². The van der Waals surface area contributed by atoms with Crippen molar-refractivity contribution in [2.24, 2.45) is 5.73 Å². The molecule has 2 aromatic heterocycles. The predicted octanol–water partition coefficient (Wildman–Crippen LogP) is 2.41. The molecule has 2 heterocycles. The first-order valence-electron chi connectivity index (χ1n) is 9.53. The second-order valence-corrected chi connectivity index (χ2v) is 7.22. The second-order valence-electron chi connectivity index (χ2n) is 7.22. The molecule has 0 spiro atoms. The Hall–Kier alpha value is -3.64. The average Bonchev–Trinajstić information content (AvgIpc) is 3.50. The third-order valence-corrected chi connectivity index (χ3v) is 5.23. The van der Waals surface area contributed by atoms with Crippen LogP contribution >= 0.6 is 0 Å². The summed E-state index contributed by atoms with van der Waals surface area (Å²) in [6.45, 7) is 0.845. The number of hydrogen-bond donors (Lipinski definition) is 4. The molecule has 3 aromatic rings. The van der Waals surface area contributed by atoms with E-state index in [0.29, 0.717) is 37.3 Å². The molecule has 0 amide bonds. The number of nitrogens with zero attached hydrogens (tertiary/aromatic N) is 2. The Morgan fingerprint density at radius 1 is 1.37 bits per heavy atom. The van der Waals surface area contributed by atoms with Crippen LogP contribution in [0.15, 0.2) is 35.4 Å². The second kappa shape index (κ2) is 7.65. The molecule has 1 saturated carbocycles. The van der Waals surface area contributed by atoms with Crippen LogP contribution in [0.5, 0.6) is 5.75 Å². The highest BCUT2D eigenvalue weighted by Crippen LogP contribution is 2.49. The van der Waals surface area contributed by atoms with Gasteiger partial charge in [0.2, 0.25) is 5.43 Å². The van der Waals surface area contributed by atoms with E-state index in [0.717, 1.165) is 0 Å². The fourth-order valence-corrected chi connectivity index (χ4v) is 3.55. The van der Waals surface area contributed by atoms with E-state index >= 15 is 4.39 Å². The maximum Gasteiger partial charge on any atom is 0.207 e. The molecular formula is C21H21FN6O2. The third-order valence-electron chi connectivity index (χ3n) is 5.23. The number of pyridine rings is 2. The molecule has 0 bridgehead atoms. The monoisotopic (exact) mass is 408 g/mol. The van der Waals surface area contributed by atoms with Gasteiger partial charge in [-0.25, -0.2) is 9.37 Å². The zero-order chi connectivity index (χ0) is 21.3. The van der Waals surface area contributed by atoms with E-state index in [1.807, 2.05) is 24.3 Å². The summed E-state index contributed by atoms with van der Waals surface area (Å²) in [4.78, 5) is 19.9. The number of H-pyrrole nitrogens is 1. The zero-order valence-corrected chi connectivity index (χ0v) is 16.4. The highest BCUT2D eigenvalue weighted by Gasteiger charge is 2.45. The van der Waals surface area contributed by atoms with E-state index in [1.165, 1.54) is 13.3 Å². The number of aromatic nitrogens is 2. The van der Waals surface area contributed by atoms with Crippen molar-refractivity contribution in [2.45, 2.75) is 18.4 Å². The van der Waals surface area contributed by atoms with Gasteiger partial charge in [0.15, 0.2) is 11.6 Å². The minimum Gasteiger partial charge on any atom is -0.492 e. The van der Waals surface area contributed by atoms with Crippen molar-refractivity contribution >= 4 is 22.4 Å². The number of nitrogens with two attached hydrogens (primary N) is 1. The number of aromatic amines is 1. The Morgan fingerprint density at radius 3 is 2.77 bits per heavy atom. The molecule has 8 nitrogen and oxygen atoms in total. The van der Waals surface area contributed by atoms with Crippen LogP contribution in [-0.2, 0) is 5.54 Å². The van der Waals surface area contributed by atoms with Gasteiger partial charge in [0.05, 0.1) is 18.0 Å². The lowest BCUT2D eigenvalue weighted by atomic mass is 9.96. The Kier molecular flexibility index (Phi) is 5.01. The Labute approximate surface area is 171 Å². The van der Waals surface area contributed by atoms with Crippen molar-refractivity contribution in [3.63, 3.8) is 0 Å². The van der Waals surface area contributed by atoms with Crippen molar-refractivity contribution in [3.8, 4) is 11.8 Å². The molecule has 154 valence electrons. The molecule has 1 aromatic carbocycles. The quantitative estimate of drug-likeness (QED) is 0.442. The van der Waals surface area contributed by atoms with E-state index in [2.05, 4.69) is 20.6 Å². The number of anilines is 2. The van der Waals surface area contributed by atoms with E-state index in [-0.39, 0.29) is 28.0 Å². The van der Waals surface area contributed by atoms with Gasteiger partial charge >= 0.3 is 0 Å². The SMILES string of the molecule is COc1c(NCCNc2ccccn2)c(F)c(C2(N)CC2)c2c(=O)c(C#N)c[nH]c12. The molecule has 0 aliphatic heterocycles. The number of methoxy groups -OCH3 is 1. The maximum absolute atomic E-state index is 15.7. The Morgan fingerprint density at radius 2 is 2.13 bits per heavy atom. The molecule has 0 radical (unpaired) electrons. The average molecular weight is 408 g/mol. The fourth-order valence-electron chi connectivity index (χ4n) is 3.55. The molecule has 1 aliphatic carbocycles. The van der Waals surface area contributed by atoms with Crippen LogP contribution in [0.2, 0.25) is 0 Å². The fraction of sp³-hybridized carbons (Fsp3) is 0.286. The predicted molar refractivity (Wildman–Crippen MR) is 112 cm³/mol. The summed E-state index contributed by atoms with van der Waals surface area (Å²) in [6.07, 6.45) is 4.10. The summed E-state index contributed by atoms with van der Waals surface area (Å²) in [5.41, 5.74) is 5.29. The standard InChI is InChI=1S/C21H21FN6O2/c1-30-20-17-14(19(29)12(10-23)11-28-17)15(21(24)5-6-21)16(22)18(20)27-9-8-26-13-4-2-3-7-25-13/h2-4,7,11,27H,5-6,8-9,24H2,1H3,(H,25,26)(H,28,29). The summed E-state index contributed by atoms with van der Waals surface area (Å²) in [7, 11) is 1.40. The van der Waals surface area contributed by atoms with Gasteiger partial charge in [-0.2, -0.15) is 5.26 Å². The number of halogens is 1. The first-order valence-corrected chi connectivity index (χ1v) is 9.53. The van der Waals surface area contributed by atoms with Crippen LogP contribution in [0.1, 0.15) is 24.0 Å². The van der Waals surface area contributed by atoms with Crippen LogP contribution in [0, 0.1) is 17.1 Å². The normalized spacial score (nSPS) is 14.2. The van der Waals surface area contributed by atoms with Gasteiger partial charge < -0.3 is 26.1 Å². The molecule has 0 unspecified atom stereocenters. The number of nitrogens with one attached hydrogen (secondary N) is 3. The number of hydrogen-bond acceptors (Lipinski definition) is 7. The number of fused-ring (bicyclic) bond motifs is 1. The first-order chi connectivity index (χ1) is 14.5. The topological polar surface area (TPSA) is 129 Å². The number of benzene rings is 1. The smallest absolute Gasteiger partial charge is 0.207 e. The highest BCUT2D eigenvalue weighted by atomic mass is 19.1. The van der Waals surface area contributed by atoms with Gasteiger partial charge in [0.1, 0.15) is 23.1 Å². The number of rotatable bonds is 7. The van der Waals surface area contributed by atoms with Gasteiger partial charge in [0, 0.05) is 36.6 Å². The lowest BCUT2D eigenvalue weighted by Crippen LogP contribution is -2.26. The minimum absolute atomic E-state index is 0.0700. The lowest BCUT2D eigenvalue weighted by molar-refractivity contribution is 0.417. The van der Waals surface area contributed by atoms with Crippen molar-refractivity contribution < 1.29 is 9.13 Å². The van der Waals surface area contributed by atoms with Gasteiger partial charge in [-0.05, 0) is 25.0 Å². The van der Waals surface area contributed by atoms with Crippen molar-refractivity contribution in [2.75, 3.05) is 30.8 Å².